The minimum Gasteiger partial charge on any atom is -0.469 e. The van der Waals surface area contributed by atoms with Crippen molar-refractivity contribution in [3.8, 4) is 0 Å². The van der Waals surface area contributed by atoms with Crippen LogP contribution in [0.5, 0.6) is 0 Å². The molecule has 3 rings (SSSR count). The van der Waals surface area contributed by atoms with E-state index in [0.717, 1.165) is 0 Å². The third-order valence-corrected chi connectivity index (χ3v) is 5.39. The van der Waals surface area contributed by atoms with Crippen LogP contribution >= 0.6 is 0 Å². The molecule has 2 bridgehead atoms. The van der Waals surface area contributed by atoms with E-state index in [1.54, 1.807) is 6.92 Å². The van der Waals surface area contributed by atoms with Gasteiger partial charge in [-0.05, 0) is 19.8 Å². The Kier molecular flexibility index (Phi) is 5.02. The van der Waals surface area contributed by atoms with Crippen molar-refractivity contribution in [2.75, 3.05) is 13.7 Å². The molecule has 1 heterocycles. The molecule has 0 spiro atoms. The molecule has 142 valence electrons. The van der Waals surface area contributed by atoms with Crippen molar-refractivity contribution in [2.45, 2.75) is 38.4 Å². The van der Waals surface area contributed by atoms with Crippen LogP contribution in [-0.2, 0) is 38.1 Å². The second-order valence-electron chi connectivity index (χ2n) is 7.01. The fourth-order valence-electron chi connectivity index (χ4n) is 4.32. The van der Waals surface area contributed by atoms with Gasteiger partial charge in [-0.3, -0.25) is 14.4 Å². The van der Waals surface area contributed by atoms with Gasteiger partial charge in [-0.1, -0.05) is 6.58 Å². The van der Waals surface area contributed by atoms with Crippen molar-refractivity contribution in [3.05, 3.63) is 12.2 Å². The first kappa shape index (κ1) is 18.4. The molecule has 6 unspecified atom stereocenters. The summed E-state index contributed by atoms with van der Waals surface area (Å²) in [5, 5.41) is 0. The lowest BCUT2D eigenvalue weighted by atomic mass is 9.78. The van der Waals surface area contributed by atoms with Gasteiger partial charge in [0.2, 0.25) is 0 Å². The summed E-state index contributed by atoms with van der Waals surface area (Å²) in [6.45, 7) is 5.10. The van der Waals surface area contributed by atoms with E-state index in [4.69, 9.17) is 18.9 Å². The van der Waals surface area contributed by atoms with E-state index < -0.39 is 47.9 Å². The van der Waals surface area contributed by atoms with Crippen LogP contribution < -0.4 is 0 Å². The topological polar surface area (TPSA) is 105 Å². The Hall–Kier alpha value is -2.38. The minimum atomic E-state index is -0.628. The lowest BCUT2D eigenvalue weighted by Gasteiger charge is -2.29. The average molecular weight is 366 g/mol. The summed E-state index contributed by atoms with van der Waals surface area (Å²) in [6.07, 6.45) is -0.133. The van der Waals surface area contributed by atoms with Crippen LogP contribution in [0, 0.1) is 23.7 Å². The SMILES string of the molecule is C=C(C)C(=O)OCCCC(=O)OC1C2CC3C1OC(=O)C3C2C(=O)OC. The molecular formula is C18H22O8. The Labute approximate surface area is 150 Å². The van der Waals surface area contributed by atoms with E-state index in [9.17, 15) is 19.2 Å². The summed E-state index contributed by atoms with van der Waals surface area (Å²) in [7, 11) is 1.28. The average Bonchev–Trinajstić information content (AvgIpc) is 3.21. The van der Waals surface area contributed by atoms with Crippen LogP contribution in [0.15, 0.2) is 12.2 Å². The Bertz CT molecular complexity index is 654. The molecule has 8 nitrogen and oxygen atoms in total. The van der Waals surface area contributed by atoms with E-state index in [0.29, 0.717) is 18.4 Å². The number of hydrogen-bond acceptors (Lipinski definition) is 8. The molecule has 0 aromatic heterocycles. The highest BCUT2D eigenvalue weighted by molar-refractivity contribution is 5.87. The van der Waals surface area contributed by atoms with Gasteiger partial charge in [-0.25, -0.2) is 4.79 Å². The normalized spacial score (nSPS) is 33.5. The Morgan fingerprint density at radius 3 is 2.65 bits per heavy atom. The van der Waals surface area contributed by atoms with E-state index in [1.807, 2.05) is 0 Å². The number of hydrogen-bond donors (Lipinski definition) is 0. The second kappa shape index (κ2) is 7.09. The Morgan fingerprint density at radius 2 is 2.00 bits per heavy atom. The molecule has 0 aromatic rings. The molecule has 6 atom stereocenters. The molecule has 0 aromatic carbocycles. The van der Waals surface area contributed by atoms with Crippen molar-refractivity contribution < 1.29 is 38.1 Å². The molecule has 8 heteroatoms. The fraction of sp³-hybridized carbons (Fsp3) is 0.667. The van der Waals surface area contributed by atoms with E-state index >= 15 is 0 Å². The maximum Gasteiger partial charge on any atom is 0.333 e. The van der Waals surface area contributed by atoms with Gasteiger partial charge in [0.05, 0.1) is 25.6 Å². The first-order chi connectivity index (χ1) is 12.3. The van der Waals surface area contributed by atoms with Crippen LogP contribution in [0.3, 0.4) is 0 Å². The maximum atomic E-state index is 12.1. The van der Waals surface area contributed by atoms with Gasteiger partial charge in [-0.2, -0.15) is 0 Å². The molecule has 26 heavy (non-hydrogen) atoms. The van der Waals surface area contributed by atoms with E-state index in [1.165, 1.54) is 7.11 Å². The van der Waals surface area contributed by atoms with Crippen LogP contribution in [0.25, 0.3) is 0 Å². The molecule has 2 aliphatic carbocycles. The highest BCUT2D eigenvalue weighted by Crippen LogP contribution is 2.58. The van der Waals surface area contributed by atoms with Gasteiger partial charge in [0.15, 0.2) is 0 Å². The van der Waals surface area contributed by atoms with Gasteiger partial charge in [0, 0.05) is 23.8 Å². The largest absolute Gasteiger partial charge is 0.469 e. The summed E-state index contributed by atoms with van der Waals surface area (Å²) in [6, 6.07) is 0. The first-order valence-corrected chi connectivity index (χ1v) is 8.65. The Morgan fingerprint density at radius 1 is 1.27 bits per heavy atom. The van der Waals surface area contributed by atoms with Gasteiger partial charge >= 0.3 is 23.9 Å². The van der Waals surface area contributed by atoms with Crippen LogP contribution in [-0.4, -0.2) is 49.8 Å². The molecular weight excluding hydrogens is 344 g/mol. The second-order valence-corrected chi connectivity index (χ2v) is 7.01. The minimum absolute atomic E-state index is 0.0599. The van der Waals surface area contributed by atoms with E-state index in [-0.39, 0.29) is 24.9 Å². The Balaban J connectivity index is 1.54. The highest BCUT2D eigenvalue weighted by atomic mass is 16.6. The summed E-state index contributed by atoms with van der Waals surface area (Å²) < 4.78 is 20.6. The summed E-state index contributed by atoms with van der Waals surface area (Å²) in [4.78, 5) is 47.5. The van der Waals surface area contributed by atoms with Crippen LogP contribution in [0.4, 0.5) is 0 Å². The van der Waals surface area contributed by atoms with Gasteiger partial charge in [0.25, 0.3) is 0 Å². The first-order valence-electron chi connectivity index (χ1n) is 8.65. The molecule has 0 radical (unpaired) electrons. The number of carbonyl (C=O) groups is 4. The zero-order valence-electron chi connectivity index (χ0n) is 14.8. The number of carbonyl (C=O) groups excluding carboxylic acids is 4. The summed E-state index contributed by atoms with van der Waals surface area (Å²) in [5.74, 6) is -3.34. The molecule has 1 aliphatic heterocycles. The highest BCUT2D eigenvalue weighted by Gasteiger charge is 2.70. The lowest BCUT2D eigenvalue weighted by molar-refractivity contribution is -0.165. The molecule has 1 saturated heterocycles. The zero-order valence-corrected chi connectivity index (χ0v) is 14.8. The smallest absolute Gasteiger partial charge is 0.333 e. The standard InChI is InChI=1S/C18H22O8/c1-8(2)16(20)24-6-4-5-11(19)25-14-9-7-10-13(12(9)17(21)23-3)18(22)26-15(10)14/h9-10,12-15H,1,4-7H2,2-3H3. The van der Waals surface area contributed by atoms with Gasteiger partial charge < -0.3 is 18.9 Å². The molecule has 0 N–H and O–H groups in total. The number of rotatable bonds is 7. The molecule has 2 saturated carbocycles. The van der Waals surface area contributed by atoms with Crippen molar-refractivity contribution in [1.82, 2.24) is 0 Å². The number of ether oxygens (including phenoxy) is 4. The van der Waals surface area contributed by atoms with Gasteiger partial charge in [-0.15, -0.1) is 0 Å². The predicted octanol–water partition coefficient (Wildman–Crippen LogP) is 0.778. The lowest BCUT2D eigenvalue weighted by Crippen LogP contribution is -2.43. The van der Waals surface area contributed by atoms with Crippen LogP contribution in [0.1, 0.15) is 26.2 Å². The quantitative estimate of drug-likeness (QED) is 0.282. The number of esters is 4. The summed E-state index contributed by atoms with van der Waals surface area (Å²) >= 11 is 0. The fourth-order valence-corrected chi connectivity index (χ4v) is 4.32. The third-order valence-electron chi connectivity index (χ3n) is 5.39. The van der Waals surface area contributed by atoms with Crippen molar-refractivity contribution in [3.63, 3.8) is 0 Å². The van der Waals surface area contributed by atoms with E-state index in [2.05, 4.69) is 6.58 Å². The summed E-state index contributed by atoms with van der Waals surface area (Å²) in [5.41, 5.74) is 0.293. The van der Waals surface area contributed by atoms with Crippen LogP contribution in [0.2, 0.25) is 0 Å². The molecule has 0 amide bonds. The monoisotopic (exact) mass is 366 g/mol. The molecule has 3 aliphatic rings. The van der Waals surface area contributed by atoms with Gasteiger partial charge in [0.1, 0.15) is 12.2 Å². The van der Waals surface area contributed by atoms with Crippen molar-refractivity contribution in [2.24, 2.45) is 23.7 Å². The zero-order chi connectivity index (χ0) is 19.0. The van der Waals surface area contributed by atoms with Crippen molar-refractivity contribution in [1.29, 1.82) is 0 Å². The predicted molar refractivity (Wildman–Crippen MR) is 85.4 cm³/mol. The number of fused-ring (bicyclic) bond motifs is 1. The number of methoxy groups -OCH3 is 1. The molecule has 3 fully saturated rings. The third kappa shape index (κ3) is 3.08. The van der Waals surface area contributed by atoms with Crippen molar-refractivity contribution >= 4 is 23.9 Å². The maximum absolute atomic E-state index is 12.1.